The lowest BCUT2D eigenvalue weighted by atomic mass is 10.2. The van der Waals surface area contributed by atoms with Crippen LogP contribution in [0.1, 0.15) is 5.82 Å². The normalized spacial score (nSPS) is 11.0. The van der Waals surface area contributed by atoms with E-state index in [-0.39, 0.29) is 5.82 Å². The molecule has 1 heterocycles. The van der Waals surface area contributed by atoms with Crippen LogP contribution in [0.3, 0.4) is 0 Å². The van der Waals surface area contributed by atoms with E-state index < -0.39 is 0 Å². The molecule has 0 saturated carbocycles. The van der Waals surface area contributed by atoms with Gasteiger partial charge in [0.05, 0.1) is 11.4 Å². The fraction of sp³-hybridized carbons (Fsp3) is 0.167. The topological polar surface area (TPSA) is 93.5 Å². The Kier molecular flexibility index (Phi) is 4.32. The van der Waals surface area contributed by atoms with Crippen molar-refractivity contribution in [1.82, 2.24) is 20.6 Å². The number of hydrogen-bond donors (Lipinski definition) is 2. The highest BCUT2D eigenvalue weighted by Gasteiger charge is 2.08. The third kappa shape index (κ3) is 3.13. The number of tetrazole rings is 1. The Hall–Kier alpha value is -2.40. The molecule has 2 N–H and O–H groups in total. The fourth-order valence-electron chi connectivity index (χ4n) is 1.59. The molecule has 1 aromatic carbocycles. The highest BCUT2D eigenvalue weighted by atomic mass is 79.9. The van der Waals surface area contributed by atoms with Gasteiger partial charge < -0.3 is 10.2 Å². The number of nitrogens with zero attached hydrogens (tertiary/aromatic N) is 5. The highest BCUT2D eigenvalue weighted by Crippen LogP contribution is 2.28. The maximum absolute atomic E-state index is 9.11. The van der Waals surface area contributed by atoms with Crippen molar-refractivity contribution >= 4 is 32.9 Å². The van der Waals surface area contributed by atoms with Gasteiger partial charge in [-0.15, -0.1) is 10.2 Å². The molecule has 7 nitrogen and oxygen atoms in total. The van der Waals surface area contributed by atoms with Crippen LogP contribution in [0.25, 0.3) is 5.57 Å². The van der Waals surface area contributed by atoms with Crippen molar-refractivity contribution in [2.45, 2.75) is 0 Å². The zero-order chi connectivity index (χ0) is 14.5. The molecule has 1 aromatic heterocycles. The van der Waals surface area contributed by atoms with Crippen molar-refractivity contribution in [3.8, 4) is 6.07 Å². The number of benzene rings is 1. The lowest BCUT2D eigenvalue weighted by Crippen LogP contribution is -2.10. The summed E-state index contributed by atoms with van der Waals surface area (Å²) in [6, 6.07) is 7.88. The van der Waals surface area contributed by atoms with Gasteiger partial charge in [-0.3, -0.25) is 0 Å². The fourth-order valence-corrected chi connectivity index (χ4v) is 1.95. The molecule has 0 aliphatic carbocycles. The Bertz CT molecular complexity index is 655. The second-order valence-corrected chi connectivity index (χ2v) is 5.02. The van der Waals surface area contributed by atoms with Gasteiger partial charge >= 0.3 is 0 Å². The van der Waals surface area contributed by atoms with Gasteiger partial charge in [-0.05, 0) is 23.4 Å². The molecule has 0 spiro atoms. The summed E-state index contributed by atoms with van der Waals surface area (Å²) in [6.45, 7) is 0. The molecule has 0 atom stereocenters. The molecular weight excluding hydrogens is 322 g/mol. The Balaban J connectivity index is 2.30. The third-order valence-electron chi connectivity index (χ3n) is 2.52. The molecule has 0 unspecified atom stereocenters. The van der Waals surface area contributed by atoms with Gasteiger partial charge in [-0.2, -0.15) is 10.5 Å². The van der Waals surface area contributed by atoms with Crippen LogP contribution in [0, 0.1) is 11.3 Å². The van der Waals surface area contributed by atoms with Gasteiger partial charge in [0, 0.05) is 24.8 Å². The number of aromatic nitrogens is 4. The van der Waals surface area contributed by atoms with E-state index in [4.69, 9.17) is 5.26 Å². The number of nitrogens with one attached hydrogen (secondary N) is 2. The maximum atomic E-state index is 9.11. The maximum Gasteiger partial charge on any atom is 0.216 e. The molecule has 0 aliphatic heterocycles. The van der Waals surface area contributed by atoms with E-state index in [1.54, 1.807) is 6.20 Å². The van der Waals surface area contributed by atoms with E-state index in [1.807, 2.05) is 43.3 Å². The minimum absolute atomic E-state index is 0.251. The molecule has 2 aromatic rings. The second kappa shape index (κ2) is 6.16. The van der Waals surface area contributed by atoms with Crippen LogP contribution in [0.15, 0.2) is 28.9 Å². The van der Waals surface area contributed by atoms with E-state index >= 15 is 0 Å². The number of allylic oxidation sites excluding steroid dienone is 1. The van der Waals surface area contributed by atoms with Crippen molar-refractivity contribution in [2.24, 2.45) is 0 Å². The number of anilines is 2. The summed E-state index contributed by atoms with van der Waals surface area (Å²) in [5.41, 5.74) is 2.15. The summed E-state index contributed by atoms with van der Waals surface area (Å²) in [6.07, 6.45) is 1.56. The minimum atomic E-state index is 0.251. The first-order chi connectivity index (χ1) is 9.61. The quantitative estimate of drug-likeness (QED) is 0.831. The lowest BCUT2D eigenvalue weighted by Gasteiger charge is -2.17. The number of H-pyrrole nitrogens is 1. The van der Waals surface area contributed by atoms with Gasteiger partial charge in [0.25, 0.3) is 0 Å². The van der Waals surface area contributed by atoms with Crippen LogP contribution < -0.4 is 10.2 Å². The van der Waals surface area contributed by atoms with E-state index in [0.29, 0.717) is 5.57 Å². The predicted molar refractivity (Wildman–Crippen MR) is 79.9 cm³/mol. The Labute approximate surface area is 124 Å². The molecule has 0 amide bonds. The van der Waals surface area contributed by atoms with Gasteiger partial charge in [0.15, 0.2) is 0 Å². The first-order valence-electron chi connectivity index (χ1n) is 5.69. The van der Waals surface area contributed by atoms with E-state index in [9.17, 15) is 0 Å². The summed E-state index contributed by atoms with van der Waals surface area (Å²) < 4.78 is 0.942. The van der Waals surface area contributed by atoms with E-state index in [1.165, 1.54) is 0 Å². The predicted octanol–water partition coefficient (Wildman–Crippen LogP) is 2.00. The zero-order valence-corrected chi connectivity index (χ0v) is 12.5. The number of aromatic amines is 1. The average molecular weight is 334 g/mol. The van der Waals surface area contributed by atoms with Gasteiger partial charge in [-0.25, -0.2) is 0 Å². The largest absolute Gasteiger partial charge is 0.376 e. The second-order valence-electron chi connectivity index (χ2n) is 4.11. The molecular formula is C12H12BrN7. The van der Waals surface area contributed by atoms with Gasteiger partial charge in [0.1, 0.15) is 11.6 Å². The Morgan fingerprint density at radius 3 is 2.90 bits per heavy atom. The molecule has 0 saturated heterocycles. The van der Waals surface area contributed by atoms with Crippen LogP contribution in [0.5, 0.6) is 0 Å². The Morgan fingerprint density at radius 1 is 1.50 bits per heavy atom. The summed E-state index contributed by atoms with van der Waals surface area (Å²) in [4.78, 5) is 1.98. The smallest absolute Gasteiger partial charge is 0.216 e. The number of nitriles is 1. The molecule has 0 radical (unpaired) electrons. The summed E-state index contributed by atoms with van der Waals surface area (Å²) in [5.74, 6) is 0.251. The average Bonchev–Trinajstić information content (AvgIpc) is 2.93. The SMILES string of the molecule is CN(C)c1ccc(Br)cc1NC=C(C#N)c1nn[nH]n1. The van der Waals surface area contributed by atoms with Crippen molar-refractivity contribution in [3.05, 3.63) is 34.7 Å². The molecule has 2 rings (SSSR count). The van der Waals surface area contributed by atoms with Crippen LogP contribution in [-0.2, 0) is 0 Å². The number of hydrogen-bond acceptors (Lipinski definition) is 6. The first kappa shape index (κ1) is 14.0. The van der Waals surface area contributed by atoms with E-state index in [0.717, 1.165) is 15.8 Å². The van der Waals surface area contributed by atoms with Crippen molar-refractivity contribution in [1.29, 1.82) is 5.26 Å². The van der Waals surface area contributed by atoms with Crippen molar-refractivity contribution < 1.29 is 0 Å². The minimum Gasteiger partial charge on any atom is -0.376 e. The monoisotopic (exact) mass is 333 g/mol. The Morgan fingerprint density at radius 2 is 2.30 bits per heavy atom. The van der Waals surface area contributed by atoms with Crippen LogP contribution in [0.2, 0.25) is 0 Å². The van der Waals surface area contributed by atoms with Crippen molar-refractivity contribution in [2.75, 3.05) is 24.3 Å². The van der Waals surface area contributed by atoms with Crippen LogP contribution >= 0.6 is 15.9 Å². The number of halogens is 1. The molecule has 0 aliphatic rings. The highest BCUT2D eigenvalue weighted by molar-refractivity contribution is 9.10. The standard InChI is InChI=1S/C12H12BrN7/c1-20(2)11-4-3-9(13)5-10(11)15-7-8(6-14)12-16-18-19-17-12/h3-5,7,15H,1-2H3,(H,16,17,18,19). The van der Waals surface area contributed by atoms with Gasteiger partial charge in [0.2, 0.25) is 5.82 Å². The van der Waals surface area contributed by atoms with Crippen molar-refractivity contribution in [3.63, 3.8) is 0 Å². The van der Waals surface area contributed by atoms with Crippen LogP contribution in [0.4, 0.5) is 11.4 Å². The summed E-state index contributed by atoms with van der Waals surface area (Å²) in [7, 11) is 3.89. The van der Waals surface area contributed by atoms with Gasteiger partial charge in [-0.1, -0.05) is 15.9 Å². The summed E-state index contributed by atoms with van der Waals surface area (Å²) in [5, 5.41) is 25.5. The third-order valence-corrected chi connectivity index (χ3v) is 3.01. The first-order valence-corrected chi connectivity index (χ1v) is 6.48. The lowest BCUT2D eigenvalue weighted by molar-refractivity contribution is 0.881. The molecule has 102 valence electrons. The molecule has 0 bridgehead atoms. The van der Waals surface area contributed by atoms with Crippen LogP contribution in [-0.4, -0.2) is 34.7 Å². The van der Waals surface area contributed by atoms with E-state index in [2.05, 4.69) is 41.9 Å². The molecule has 20 heavy (non-hydrogen) atoms. The molecule has 0 fully saturated rings. The number of rotatable bonds is 4. The summed E-state index contributed by atoms with van der Waals surface area (Å²) >= 11 is 3.42. The molecule has 8 heteroatoms. The zero-order valence-electron chi connectivity index (χ0n) is 10.9.